The summed E-state index contributed by atoms with van der Waals surface area (Å²) in [5, 5.41) is 12.4. The molecule has 5 nitrogen and oxygen atoms in total. The molecule has 1 atom stereocenters. The van der Waals surface area contributed by atoms with Crippen molar-refractivity contribution in [2.24, 2.45) is 0 Å². The molecule has 0 radical (unpaired) electrons. The van der Waals surface area contributed by atoms with Crippen LogP contribution in [0.2, 0.25) is 0 Å². The number of carbonyl (C=O) groups is 2. The van der Waals surface area contributed by atoms with Crippen molar-refractivity contribution in [3.63, 3.8) is 0 Å². The first-order valence-electron chi connectivity index (χ1n) is 8.53. The second-order valence-electron chi connectivity index (χ2n) is 6.32. The summed E-state index contributed by atoms with van der Waals surface area (Å²) in [5.41, 5.74) is 1.68. The largest absolute Gasteiger partial charge is 0.503 e. The molecular formula is C21H15BrN2O3S. The fraction of sp³-hybridized carbons (Fsp3) is 0.0952. The summed E-state index contributed by atoms with van der Waals surface area (Å²) < 4.78 is 0.888. The van der Waals surface area contributed by atoms with Crippen molar-refractivity contribution >= 4 is 39.0 Å². The number of aliphatic hydroxyl groups is 1. The number of benzene rings is 1. The Hall–Kier alpha value is -2.77. The maximum Gasteiger partial charge on any atom is 0.290 e. The summed E-state index contributed by atoms with van der Waals surface area (Å²) in [4.78, 5) is 32.1. The average molecular weight is 455 g/mol. The molecule has 0 spiro atoms. The molecule has 0 aliphatic carbocycles. The van der Waals surface area contributed by atoms with Gasteiger partial charge in [-0.2, -0.15) is 0 Å². The predicted molar refractivity (Wildman–Crippen MR) is 110 cm³/mol. The number of thiophene rings is 1. The molecule has 0 unspecified atom stereocenters. The van der Waals surface area contributed by atoms with E-state index in [0.717, 1.165) is 15.6 Å². The highest BCUT2D eigenvalue weighted by Crippen LogP contribution is 2.40. The molecule has 140 valence electrons. The lowest BCUT2D eigenvalue weighted by Crippen LogP contribution is -2.30. The van der Waals surface area contributed by atoms with Gasteiger partial charge in [0, 0.05) is 23.4 Å². The molecule has 0 saturated heterocycles. The Morgan fingerprint density at radius 1 is 1.18 bits per heavy atom. The van der Waals surface area contributed by atoms with Gasteiger partial charge in [0.1, 0.15) is 0 Å². The minimum atomic E-state index is -0.671. The van der Waals surface area contributed by atoms with Crippen molar-refractivity contribution in [1.82, 2.24) is 9.88 Å². The van der Waals surface area contributed by atoms with E-state index in [9.17, 15) is 14.7 Å². The van der Waals surface area contributed by atoms with Crippen molar-refractivity contribution < 1.29 is 14.7 Å². The van der Waals surface area contributed by atoms with Crippen LogP contribution in [0.5, 0.6) is 0 Å². The Kier molecular flexibility index (Phi) is 5.11. The number of nitrogens with zero attached hydrogens (tertiary/aromatic N) is 2. The van der Waals surface area contributed by atoms with Crippen molar-refractivity contribution in [1.29, 1.82) is 0 Å². The second-order valence-corrected chi connectivity index (χ2v) is 8.18. The standard InChI is InChI=1S/C21H15BrN2O3S/c22-15-7-5-14(6-8-15)18-17(19(25)16-4-2-10-28-16)20(26)21(27)24(18)12-13-3-1-9-23-11-13/h1-11,18,26H,12H2/t18-/m0/s1. The third kappa shape index (κ3) is 3.39. The van der Waals surface area contributed by atoms with Crippen LogP contribution in [0.3, 0.4) is 0 Å². The number of hydrogen-bond acceptors (Lipinski definition) is 5. The quantitative estimate of drug-likeness (QED) is 0.567. The highest BCUT2D eigenvalue weighted by atomic mass is 79.9. The third-order valence-electron chi connectivity index (χ3n) is 4.55. The van der Waals surface area contributed by atoms with Gasteiger partial charge in [-0.25, -0.2) is 0 Å². The van der Waals surface area contributed by atoms with Crippen LogP contribution in [0.15, 0.2) is 82.1 Å². The zero-order chi connectivity index (χ0) is 19.7. The zero-order valence-corrected chi connectivity index (χ0v) is 17.0. The number of amides is 1. The van der Waals surface area contributed by atoms with E-state index in [1.807, 2.05) is 30.3 Å². The number of hydrogen-bond donors (Lipinski definition) is 1. The predicted octanol–water partition coefficient (Wildman–Crippen LogP) is 4.68. The summed E-state index contributed by atoms with van der Waals surface area (Å²) in [7, 11) is 0. The van der Waals surface area contributed by atoms with Gasteiger partial charge in [0.05, 0.1) is 16.5 Å². The van der Waals surface area contributed by atoms with Gasteiger partial charge < -0.3 is 10.0 Å². The second kappa shape index (κ2) is 7.69. The molecule has 1 N–H and O–H groups in total. The summed E-state index contributed by atoms with van der Waals surface area (Å²) in [6, 6.07) is 13.8. The Morgan fingerprint density at radius 3 is 2.61 bits per heavy atom. The van der Waals surface area contributed by atoms with E-state index < -0.39 is 17.7 Å². The molecule has 1 aliphatic rings. The molecule has 0 bridgehead atoms. The van der Waals surface area contributed by atoms with Crippen LogP contribution in [0, 0.1) is 0 Å². The minimum Gasteiger partial charge on any atom is -0.503 e. The monoisotopic (exact) mass is 454 g/mol. The van der Waals surface area contributed by atoms with Gasteiger partial charge in [-0.05, 0) is 40.8 Å². The lowest BCUT2D eigenvalue weighted by Gasteiger charge is -2.26. The van der Waals surface area contributed by atoms with Gasteiger partial charge in [-0.15, -0.1) is 11.3 Å². The molecule has 0 fully saturated rings. The Morgan fingerprint density at radius 2 is 1.96 bits per heavy atom. The zero-order valence-electron chi connectivity index (χ0n) is 14.6. The van der Waals surface area contributed by atoms with Crippen LogP contribution in [0.1, 0.15) is 26.8 Å². The van der Waals surface area contributed by atoms with Gasteiger partial charge in [0.15, 0.2) is 5.76 Å². The lowest BCUT2D eigenvalue weighted by molar-refractivity contribution is -0.130. The number of pyridine rings is 1. The molecule has 1 amide bonds. The molecular weight excluding hydrogens is 440 g/mol. The van der Waals surface area contributed by atoms with E-state index >= 15 is 0 Å². The Labute approximate surface area is 174 Å². The third-order valence-corrected chi connectivity index (χ3v) is 5.95. The fourth-order valence-corrected chi connectivity index (χ4v) is 4.21. The maximum absolute atomic E-state index is 13.1. The fourth-order valence-electron chi connectivity index (χ4n) is 3.27. The van der Waals surface area contributed by atoms with Crippen molar-refractivity contribution in [2.45, 2.75) is 12.6 Å². The van der Waals surface area contributed by atoms with Gasteiger partial charge in [0.25, 0.3) is 5.91 Å². The molecule has 28 heavy (non-hydrogen) atoms. The van der Waals surface area contributed by atoms with E-state index in [0.29, 0.717) is 4.88 Å². The smallest absolute Gasteiger partial charge is 0.290 e. The molecule has 4 rings (SSSR count). The van der Waals surface area contributed by atoms with Gasteiger partial charge >= 0.3 is 0 Å². The lowest BCUT2D eigenvalue weighted by atomic mass is 9.95. The van der Waals surface area contributed by atoms with Gasteiger partial charge in [-0.1, -0.05) is 40.2 Å². The molecule has 3 heterocycles. The highest BCUT2D eigenvalue weighted by Gasteiger charge is 2.43. The average Bonchev–Trinajstić information content (AvgIpc) is 3.33. The molecule has 1 aliphatic heterocycles. The SMILES string of the molecule is O=C(C1=C(O)C(=O)N(Cc2cccnc2)[C@H]1c1ccc(Br)cc1)c1cccs1. The normalized spacial score (nSPS) is 16.7. The number of ketones is 1. The first kappa shape index (κ1) is 18.6. The first-order valence-corrected chi connectivity index (χ1v) is 10.2. The van der Waals surface area contributed by atoms with Crippen molar-refractivity contribution in [3.05, 3.63) is 98.1 Å². The van der Waals surface area contributed by atoms with Gasteiger partial charge in [0.2, 0.25) is 5.78 Å². The highest BCUT2D eigenvalue weighted by molar-refractivity contribution is 9.10. The van der Waals surface area contributed by atoms with Crippen LogP contribution >= 0.6 is 27.3 Å². The van der Waals surface area contributed by atoms with E-state index in [2.05, 4.69) is 20.9 Å². The van der Waals surface area contributed by atoms with E-state index in [1.54, 1.807) is 36.0 Å². The summed E-state index contributed by atoms with van der Waals surface area (Å²) in [5.74, 6) is -1.38. The van der Waals surface area contributed by atoms with E-state index in [4.69, 9.17) is 0 Å². The summed E-state index contributed by atoms with van der Waals surface area (Å²) in [6.45, 7) is 0.235. The van der Waals surface area contributed by atoms with Crippen LogP contribution < -0.4 is 0 Å². The Balaban J connectivity index is 1.79. The number of aromatic nitrogens is 1. The number of Topliss-reactive ketones (excluding diaryl/α,β-unsaturated/α-hetero) is 1. The number of carbonyl (C=O) groups excluding carboxylic acids is 2. The topological polar surface area (TPSA) is 70.5 Å². The number of aliphatic hydroxyl groups excluding tert-OH is 1. The molecule has 3 aromatic rings. The van der Waals surface area contributed by atoms with Crippen LogP contribution in [-0.2, 0) is 11.3 Å². The Bertz CT molecular complexity index is 1050. The molecule has 0 saturated carbocycles. The maximum atomic E-state index is 13.1. The van der Waals surface area contributed by atoms with Crippen LogP contribution in [0.25, 0.3) is 0 Å². The van der Waals surface area contributed by atoms with Crippen molar-refractivity contribution in [2.75, 3.05) is 0 Å². The number of rotatable bonds is 5. The summed E-state index contributed by atoms with van der Waals surface area (Å²) in [6.07, 6.45) is 3.32. The van der Waals surface area contributed by atoms with Crippen LogP contribution in [-0.4, -0.2) is 26.7 Å². The molecule has 2 aromatic heterocycles. The van der Waals surface area contributed by atoms with E-state index in [1.165, 1.54) is 16.2 Å². The minimum absolute atomic E-state index is 0.110. The van der Waals surface area contributed by atoms with Crippen molar-refractivity contribution in [3.8, 4) is 0 Å². The number of halogens is 1. The summed E-state index contributed by atoms with van der Waals surface area (Å²) >= 11 is 4.69. The first-order chi connectivity index (χ1) is 13.6. The molecule has 1 aromatic carbocycles. The van der Waals surface area contributed by atoms with E-state index in [-0.39, 0.29) is 17.9 Å². The molecule has 7 heteroatoms. The van der Waals surface area contributed by atoms with Gasteiger partial charge in [-0.3, -0.25) is 14.6 Å². The van der Waals surface area contributed by atoms with Crippen LogP contribution in [0.4, 0.5) is 0 Å².